The molecule has 0 radical (unpaired) electrons. The van der Waals surface area contributed by atoms with E-state index in [0.29, 0.717) is 11.5 Å². The van der Waals surface area contributed by atoms with Crippen LogP contribution in [0.4, 0.5) is 0 Å². The van der Waals surface area contributed by atoms with Crippen molar-refractivity contribution >= 4 is 34.9 Å². The second-order valence-electron chi connectivity index (χ2n) is 4.20. The van der Waals surface area contributed by atoms with Crippen LogP contribution in [0.5, 0.6) is 0 Å². The zero-order chi connectivity index (χ0) is 11.5. The van der Waals surface area contributed by atoms with Gasteiger partial charge < -0.3 is 11.1 Å². The molecule has 0 aromatic carbocycles. The minimum atomic E-state index is -0.240. The van der Waals surface area contributed by atoms with Crippen LogP contribution in [-0.4, -0.2) is 27.9 Å². The number of carbonyl (C=O) groups excluding carboxylic acids is 1. The lowest BCUT2D eigenvalue weighted by atomic mass is 10.0. The minimum absolute atomic E-state index is 0.0685. The van der Waals surface area contributed by atoms with Crippen molar-refractivity contribution < 1.29 is 4.79 Å². The molecular formula is C10H18N2OS2. The van der Waals surface area contributed by atoms with Gasteiger partial charge >= 0.3 is 0 Å². The van der Waals surface area contributed by atoms with Crippen molar-refractivity contribution in [1.82, 2.24) is 5.32 Å². The molecule has 1 aliphatic rings. The van der Waals surface area contributed by atoms with Gasteiger partial charge in [-0.2, -0.15) is 0 Å². The number of hydrogen-bond acceptors (Lipinski definition) is 3. The van der Waals surface area contributed by atoms with Gasteiger partial charge in [0.2, 0.25) is 5.91 Å². The van der Waals surface area contributed by atoms with Crippen LogP contribution in [-0.2, 0) is 4.79 Å². The Morgan fingerprint density at radius 1 is 1.73 bits per heavy atom. The summed E-state index contributed by atoms with van der Waals surface area (Å²) in [7, 11) is 0. The molecule has 1 aliphatic heterocycles. The van der Waals surface area contributed by atoms with E-state index in [1.807, 2.05) is 13.8 Å². The molecule has 1 rings (SSSR count). The summed E-state index contributed by atoms with van der Waals surface area (Å²) in [4.78, 5) is 12.3. The van der Waals surface area contributed by atoms with E-state index < -0.39 is 0 Å². The third-order valence-corrected chi connectivity index (χ3v) is 4.68. The number of hydrogen-bond donors (Lipinski definition) is 2. The molecule has 0 aromatic heterocycles. The summed E-state index contributed by atoms with van der Waals surface area (Å²) in [5, 5.41) is 2.92. The second kappa shape index (κ2) is 5.16. The molecule has 5 heteroatoms. The van der Waals surface area contributed by atoms with E-state index in [2.05, 4.69) is 5.32 Å². The van der Waals surface area contributed by atoms with Crippen molar-refractivity contribution in [1.29, 1.82) is 0 Å². The van der Waals surface area contributed by atoms with E-state index in [-0.39, 0.29) is 16.6 Å². The zero-order valence-electron chi connectivity index (χ0n) is 9.21. The molecule has 0 aliphatic carbocycles. The molecule has 1 amide bonds. The largest absolute Gasteiger partial charge is 0.393 e. The van der Waals surface area contributed by atoms with Crippen LogP contribution in [0, 0.1) is 5.92 Å². The Hall–Kier alpha value is -0.290. The number of carbonyl (C=O) groups is 1. The van der Waals surface area contributed by atoms with Crippen molar-refractivity contribution in [3.05, 3.63) is 0 Å². The van der Waals surface area contributed by atoms with Gasteiger partial charge in [-0.15, -0.1) is 11.8 Å². The summed E-state index contributed by atoms with van der Waals surface area (Å²) < 4.78 is -0.240. The Balaban J connectivity index is 2.39. The Morgan fingerprint density at radius 3 is 2.87 bits per heavy atom. The Labute approximate surface area is 101 Å². The van der Waals surface area contributed by atoms with E-state index in [1.165, 1.54) is 0 Å². The molecule has 1 heterocycles. The zero-order valence-corrected chi connectivity index (χ0v) is 10.8. The average molecular weight is 246 g/mol. The fourth-order valence-corrected chi connectivity index (χ4v) is 2.81. The topological polar surface area (TPSA) is 55.1 Å². The van der Waals surface area contributed by atoms with Gasteiger partial charge in [0.05, 0.1) is 9.74 Å². The number of amides is 1. The highest BCUT2D eigenvalue weighted by Gasteiger charge is 2.36. The molecule has 3 N–H and O–H groups in total. The maximum absolute atomic E-state index is 11.9. The van der Waals surface area contributed by atoms with E-state index >= 15 is 0 Å². The van der Waals surface area contributed by atoms with Gasteiger partial charge in [-0.25, -0.2) is 0 Å². The molecule has 86 valence electrons. The molecule has 1 saturated heterocycles. The van der Waals surface area contributed by atoms with Crippen molar-refractivity contribution in [2.75, 3.05) is 12.3 Å². The Bertz CT molecular complexity index is 262. The summed E-state index contributed by atoms with van der Waals surface area (Å²) in [6.45, 7) is 4.47. The molecule has 3 nitrogen and oxygen atoms in total. The minimum Gasteiger partial charge on any atom is -0.393 e. The van der Waals surface area contributed by atoms with Crippen LogP contribution in [0.3, 0.4) is 0 Å². The summed E-state index contributed by atoms with van der Waals surface area (Å²) in [6, 6.07) is 0. The summed E-state index contributed by atoms with van der Waals surface area (Å²) >= 11 is 6.59. The smallest absolute Gasteiger partial charge is 0.235 e. The SMILES string of the molecule is CC(CNC(=O)C1(C)CCCS1)C(N)=S. The molecule has 2 unspecified atom stereocenters. The molecule has 0 bridgehead atoms. The van der Waals surface area contributed by atoms with Gasteiger partial charge in [0.1, 0.15) is 0 Å². The third kappa shape index (κ3) is 3.34. The first kappa shape index (κ1) is 12.8. The predicted molar refractivity (Wildman–Crippen MR) is 69.1 cm³/mol. The fourth-order valence-electron chi connectivity index (χ4n) is 1.49. The lowest BCUT2D eigenvalue weighted by Gasteiger charge is -2.22. The fraction of sp³-hybridized carbons (Fsp3) is 0.800. The second-order valence-corrected chi connectivity index (χ2v) is 6.27. The molecular weight excluding hydrogens is 228 g/mol. The maximum Gasteiger partial charge on any atom is 0.235 e. The van der Waals surface area contributed by atoms with Gasteiger partial charge in [0, 0.05) is 12.5 Å². The van der Waals surface area contributed by atoms with E-state index in [1.54, 1.807) is 11.8 Å². The first-order valence-electron chi connectivity index (χ1n) is 5.17. The lowest BCUT2D eigenvalue weighted by molar-refractivity contribution is -0.123. The molecule has 0 aromatic rings. The van der Waals surface area contributed by atoms with Gasteiger partial charge in [-0.3, -0.25) is 4.79 Å². The van der Waals surface area contributed by atoms with Crippen LogP contribution in [0.2, 0.25) is 0 Å². The highest BCUT2D eigenvalue weighted by Crippen LogP contribution is 2.37. The first-order chi connectivity index (χ1) is 6.96. The number of thioether (sulfide) groups is 1. The van der Waals surface area contributed by atoms with Gasteiger partial charge in [-0.05, 0) is 25.5 Å². The number of thiocarbonyl (C=S) groups is 1. The molecule has 0 spiro atoms. The first-order valence-corrected chi connectivity index (χ1v) is 6.56. The van der Waals surface area contributed by atoms with Crippen LogP contribution in [0.15, 0.2) is 0 Å². The molecule has 1 fully saturated rings. The molecule has 15 heavy (non-hydrogen) atoms. The normalized spacial score (nSPS) is 27.3. The van der Waals surface area contributed by atoms with Crippen LogP contribution in [0.25, 0.3) is 0 Å². The molecule has 2 atom stereocenters. The Morgan fingerprint density at radius 2 is 2.40 bits per heavy atom. The monoisotopic (exact) mass is 246 g/mol. The standard InChI is InChI=1S/C10H18N2OS2/c1-7(8(11)14)6-12-9(13)10(2)4-3-5-15-10/h7H,3-6H2,1-2H3,(H2,11,14)(H,12,13). The lowest BCUT2D eigenvalue weighted by Crippen LogP contribution is -2.43. The van der Waals surface area contributed by atoms with E-state index in [0.717, 1.165) is 18.6 Å². The number of nitrogens with one attached hydrogen (secondary N) is 1. The van der Waals surface area contributed by atoms with Crippen LogP contribution >= 0.6 is 24.0 Å². The Kier molecular flexibility index (Phi) is 4.40. The summed E-state index contributed by atoms with van der Waals surface area (Å²) in [5.41, 5.74) is 5.48. The summed E-state index contributed by atoms with van der Waals surface area (Å²) in [5.74, 6) is 1.27. The van der Waals surface area contributed by atoms with Crippen molar-refractivity contribution in [2.24, 2.45) is 11.7 Å². The van der Waals surface area contributed by atoms with Crippen molar-refractivity contribution in [2.45, 2.75) is 31.4 Å². The van der Waals surface area contributed by atoms with Gasteiger partial charge in [-0.1, -0.05) is 19.1 Å². The highest BCUT2D eigenvalue weighted by atomic mass is 32.2. The van der Waals surface area contributed by atoms with Crippen molar-refractivity contribution in [3.63, 3.8) is 0 Å². The van der Waals surface area contributed by atoms with Crippen molar-refractivity contribution in [3.8, 4) is 0 Å². The van der Waals surface area contributed by atoms with Crippen LogP contribution < -0.4 is 11.1 Å². The third-order valence-electron chi connectivity index (χ3n) is 2.75. The maximum atomic E-state index is 11.9. The quantitative estimate of drug-likeness (QED) is 0.734. The van der Waals surface area contributed by atoms with Gasteiger partial charge in [0.15, 0.2) is 0 Å². The van der Waals surface area contributed by atoms with E-state index in [9.17, 15) is 4.79 Å². The number of nitrogens with two attached hydrogens (primary N) is 1. The number of rotatable bonds is 4. The summed E-state index contributed by atoms with van der Waals surface area (Å²) in [6.07, 6.45) is 2.09. The van der Waals surface area contributed by atoms with Crippen LogP contribution in [0.1, 0.15) is 26.7 Å². The molecule has 0 saturated carbocycles. The highest BCUT2D eigenvalue weighted by molar-refractivity contribution is 8.01. The predicted octanol–water partition coefficient (Wildman–Crippen LogP) is 1.31. The average Bonchev–Trinajstić information content (AvgIpc) is 2.62. The van der Waals surface area contributed by atoms with E-state index in [4.69, 9.17) is 18.0 Å². The van der Waals surface area contributed by atoms with Gasteiger partial charge in [0.25, 0.3) is 0 Å².